The van der Waals surface area contributed by atoms with E-state index in [0.29, 0.717) is 6.54 Å². The molecule has 0 unspecified atom stereocenters. The molecule has 0 saturated heterocycles. The fourth-order valence-corrected chi connectivity index (χ4v) is 2.46. The van der Waals surface area contributed by atoms with Gasteiger partial charge in [0.15, 0.2) is 0 Å². The Morgan fingerprint density at radius 1 is 1.28 bits per heavy atom. The number of carbonyl (C=O) groups is 1. The van der Waals surface area contributed by atoms with Crippen LogP contribution in [-0.2, 0) is 11.2 Å². The first-order chi connectivity index (χ1) is 8.71. The quantitative estimate of drug-likeness (QED) is 0.845. The van der Waals surface area contributed by atoms with Crippen LogP contribution in [0.3, 0.4) is 0 Å². The summed E-state index contributed by atoms with van der Waals surface area (Å²) in [6, 6.07) is 3.93. The summed E-state index contributed by atoms with van der Waals surface area (Å²) in [4.78, 5) is 16.0. The lowest BCUT2D eigenvalue weighted by atomic mass is 9.82. The third-order valence-corrected chi connectivity index (χ3v) is 3.65. The van der Waals surface area contributed by atoms with E-state index in [-0.39, 0.29) is 5.91 Å². The Morgan fingerprint density at radius 3 is 2.61 bits per heavy atom. The molecule has 1 aliphatic rings. The molecule has 1 fully saturated rings. The molecule has 1 aromatic heterocycles. The highest BCUT2D eigenvalue weighted by molar-refractivity contribution is 5.86. The second kappa shape index (κ2) is 5.96. The number of nitrogens with zero attached hydrogens (tertiary/aromatic N) is 1. The highest BCUT2D eigenvalue weighted by Gasteiger charge is 2.34. The van der Waals surface area contributed by atoms with Crippen molar-refractivity contribution < 1.29 is 4.79 Å². The Bertz CT molecular complexity index is 385. The van der Waals surface area contributed by atoms with Crippen molar-refractivity contribution in [2.75, 3.05) is 6.54 Å². The number of rotatable bonds is 4. The molecule has 0 aromatic carbocycles. The maximum absolute atomic E-state index is 12.1. The van der Waals surface area contributed by atoms with Gasteiger partial charge >= 0.3 is 0 Å². The third-order valence-electron chi connectivity index (χ3n) is 3.65. The van der Waals surface area contributed by atoms with E-state index in [0.717, 1.165) is 32.1 Å². The number of aromatic nitrogens is 1. The average Bonchev–Trinajstić information content (AvgIpc) is 2.41. The Labute approximate surface area is 108 Å². The lowest BCUT2D eigenvalue weighted by molar-refractivity contribution is -0.127. The van der Waals surface area contributed by atoms with E-state index in [9.17, 15) is 4.79 Å². The Balaban J connectivity index is 1.78. The molecule has 1 heterocycles. The normalized spacial score (nSPS) is 18.3. The van der Waals surface area contributed by atoms with Gasteiger partial charge in [-0.1, -0.05) is 19.3 Å². The summed E-state index contributed by atoms with van der Waals surface area (Å²) in [5.74, 6) is 0.0104. The van der Waals surface area contributed by atoms with Crippen LogP contribution in [0.2, 0.25) is 0 Å². The zero-order valence-electron chi connectivity index (χ0n) is 10.7. The molecule has 1 aliphatic carbocycles. The molecule has 4 heteroatoms. The maximum atomic E-state index is 12.1. The van der Waals surface area contributed by atoms with Gasteiger partial charge in [0, 0.05) is 18.9 Å². The molecule has 1 aromatic rings. The summed E-state index contributed by atoms with van der Waals surface area (Å²) < 4.78 is 0. The van der Waals surface area contributed by atoms with Crippen molar-refractivity contribution in [3.63, 3.8) is 0 Å². The van der Waals surface area contributed by atoms with Gasteiger partial charge in [-0.3, -0.25) is 9.78 Å². The molecule has 0 radical (unpaired) electrons. The van der Waals surface area contributed by atoms with Gasteiger partial charge in [-0.25, -0.2) is 0 Å². The number of carbonyl (C=O) groups excluding carboxylic acids is 1. The second-order valence-electron chi connectivity index (χ2n) is 5.08. The molecule has 0 atom stereocenters. The lowest BCUT2D eigenvalue weighted by Crippen LogP contribution is -2.55. The van der Waals surface area contributed by atoms with E-state index in [1.807, 2.05) is 12.1 Å². The maximum Gasteiger partial charge on any atom is 0.240 e. The van der Waals surface area contributed by atoms with E-state index in [4.69, 9.17) is 5.73 Å². The van der Waals surface area contributed by atoms with E-state index in [1.165, 1.54) is 12.0 Å². The van der Waals surface area contributed by atoms with Crippen molar-refractivity contribution in [2.24, 2.45) is 5.73 Å². The number of nitrogens with one attached hydrogen (secondary N) is 1. The minimum absolute atomic E-state index is 0.0104. The lowest BCUT2D eigenvalue weighted by Gasteiger charge is -2.31. The zero-order valence-corrected chi connectivity index (χ0v) is 10.7. The van der Waals surface area contributed by atoms with Gasteiger partial charge < -0.3 is 11.1 Å². The van der Waals surface area contributed by atoms with Crippen LogP contribution < -0.4 is 11.1 Å². The van der Waals surface area contributed by atoms with Crippen LogP contribution in [0.5, 0.6) is 0 Å². The molecule has 98 valence electrons. The molecule has 1 amide bonds. The zero-order chi connectivity index (χ0) is 12.8. The van der Waals surface area contributed by atoms with Crippen LogP contribution in [0.25, 0.3) is 0 Å². The first kappa shape index (κ1) is 13.0. The van der Waals surface area contributed by atoms with Gasteiger partial charge in [0.25, 0.3) is 0 Å². The van der Waals surface area contributed by atoms with E-state index in [2.05, 4.69) is 10.3 Å². The summed E-state index contributed by atoms with van der Waals surface area (Å²) >= 11 is 0. The molecule has 0 spiro atoms. The number of nitrogens with two attached hydrogens (primary N) is 1. The molecule has 1 saturated carbocycles. The molecule has 0 aliphatic heterocycles. The van der Waals surface area contributed by atoms with E-state index < -0.39 is 5.54 Å². The van der Waals surface area contributed by atoms with Crippen LogP contribution in [0, 0.1) is 0 Å². The van der Waals surface area contributed by atoms with Crippen LogP contribution in [-0.4, -0.2) is 23.0 Å². The van der Waals surface area contributed by atoms with Crippen LogP contribution in [0.15, 0.2) is 24.5 Å². The summed E-state index contributed by atoms with van der Waals surface area (Å²) in [7, 11) is 0. The van der Waals surface area contributed by atoms with Gasteiger partial charge in [0.05, 0.1) is 5.54 Å². The van der Waals surface area contributed by atoms with Crippen molar-refractivity contribution in [3.05, 3.63) is 30.1 Å². The molecule has 18 heavy (non-hydrogen) atoms. The third kappa shape index (κ3) is 3.29. The number of hydrogen-bond acceptors (Lipinski definition) is 3. The topological polar surface area (TPSA) is 68.0 Å². The van der Waals surface area contributed by atoms with Crippen LogP contribution in [0.1, 0.15) is 37.7 Å². The van der Waals surface area contributed by atoms with Gasteiger partial charge in [-0.15, -0.1) is 0 Å². The molecule has 3 N–H and O–H groups in total. The molecular formula is C14H21N3O. The Kier molecular flexibility index (Phi) is 4.31. The number of pyridine rings is 1. The van der Waals surface area contributed by atoms with Gasteiger partial charge in [0.1, 0.15) is 0 Å². The monoisotopic (exact) mass is 247 g/mol. The highest BCUT2D eigenvalue weighted by Crippen LogP contribution is 2.25. The van der Waals surface area contributed by atoms with E-state index in [1.54, 1.807) is 12.4 Å². The molecule has 0 bridgehead atoms. The predicted octanol–water partition coefficient (Wildman–Crippen LogP) is 1.40. The van der Waals surface area contributed by atoms with Crippen LogP contribution >= 0.6 is 0 Å². The number of amides is 1. The van der Waals surface area contributed by atoms with Gasteiger partial charge in [-0.2, -0.15) is 0 Å². The standard InChI is InChI=1S/C14H21N3O/c15-14(7-2-1-3-8-14)13(18)17-11-6-12-4-9-16-10-5-12/h4-5,9-10H,1-3,6-8,11,15H2,(H,17,18). The molecule has 4 nitrogen and oxygen atoms in total. The average molecular weight is 247 g/mol. The Hall–Kier alpha value is -1.42. The number of hydrogen-bond donors (Lipinski definition) is 2. The molecular weight excluding hydrogens is 226 g/mol. The van der Waals surface area contributed by atoms with Crippen molar-refractivity contribution in [1.82, 2.24) is 10.3 Å². The summed E-state index contributed by atoms with van der Waals surface area (Å²) in [5.41, 5.74) is 6.71. The first-order valence-electron chi connectivity index (χ1n) is 6.67. The summed E-state index contributed by atoms with van der Waals surface area (Å²) in [6.07, 6.45) is 9.31. The first-order valence-corrected chi connectivity index (χ1v) is 6.67. The molecule has 2 rings (SSSR count). The SMILES string of the molecule is NC1(C(=O)NCCc2ccncc2)CCCCC1. The van der Waals surface area contributed by atoms with Gasteiger partial charge in [0.2, 0.25) is 5.91 Å². The summed E-state index contributed by atoms with van der Waals surface area (Å²) in [5, 5.41) is 2.96. The largest absolute Gasteiger partial charge is 0.354 e. The van der Waals surface area contributed by atoms with E-state index >= 15 is 0 Å². The fourth-order valence-electron chi connectivity index (χ4n) is 2.46. The minimum atomic E-state index is -0.628. The Morgan fingerprint density at radius 2 is 1.94 bits per heavy atom. The van der Waals surface area contributed by atoms with Gasteiger partial charge in [-0.05, 0) is 37.0 Å². The van der Waals surface area contributed by atoms with Crippen molar-refractivity contribution >= 4 is 5.91 Å². The summed E-state index contributed by atoms with van der Waals surface area (Å²) in [6.45, 7) is 0.641. The smallest absolute Gasteiger partial charge is 0.240 e. The van der Waals surface area contributed by atoms with Crippen molar-refractivity contribution in [2.45, 2.75) is 44.1 Å². The predicted molar refractivity (Wildman–Crippen MR) is 71.0 cm³/mol. The van der Waals surface area contributed by atoms with Crippen LogP contribution in [0.4, 0.5) is 0 Å². The highest BCUT2D eigenvalue weighted by atomic mass is 16.2. The minimum Gasteiger partial charge on any atom is -0.354 e. The second-order valence-corrected chi connectivity index (χ2v) is 5.08. The van der Waals surface area contributed by atoms with Crippen molar-refractivity contribution in [1.29, 1.82) is 0 Å². The fraction of sp³-hybridized carbons (Fsp3) is 0.571. The van der Waals surface area contributed by atoms with Crippen molar-refractivity contribution in [3.8, 4) is 0 Å².